The maximum absolute atomic E-state index is 15.6. The van der Waals surface area contributed by atoms with Gasteiger partial charge in [0.05, 0.1) is 33.1 Å². The van der Waals surface area contributed by atoms with Crippen molar-refractivity contribution >= 4 is 39.1 Å². The summed E-state index contributed by atoms with van der Waals surface area (Å²) >= 11 is 6.65. The Morgan fingerprint density at radius 2 is 1.53 bits per heavy atom. The van der Waals surface area contributed by atoms with E-state index in [1.807, 2.05) is 24.3 Å². The Morgan fingerprint density at radius 1 is 0.851 bits per heavy atom. The number of hydrogen-bond donors (Lipinski definition) is 0. The molecule has 2 amide bonds. The van der Waals surface area contributed by atoms with Crippen LogP contribution in [0.1, 0.15) is 22.3 Å². The van der Waals surface area contributed by atoms with Crippen molar-refractivity contribution in [2.75, 3.05) is 39.7 Å². The first-order valence-electron chi connectivity index (χ1n) is 14.8. The van der Waals surface area contributed by atoms with Gasteiger partial charge in [-0.2, -0.15) is 0 Å². The van der Waals surface area contributed by atoms with Crippen molar-refractivity contribution in [3.8, 4) is 17.2 Å². The number of amides is 2. The van der Waals surface area contributed by atoms with E-state index in [0.29, 0.717) is 22.6 Å². The van der Waals surface area contributed by atoms with E-state index in [1.54, 1.807) is 49.3 Å². The van der Waals surface area contributed by atoms with Gasteiger partial charge in [-0.15, -0.1) is 0 Å². The molecule has 10 nitrogen and oxygen atoms in total. The fraction of sp³-hybridized carbons (Fsp3) is 0.257. The predicted octanol–water partition coefficient (Wildman–Crippen LogP) is 4.86. The Hall–Kier alpha value is -4.58. The minimum atomic E-state index is -4.64. The van der Waals surface area contributed by atoms with Gasteiger partial charge in [0.15, 0.2) is 5.54 Å². The number of carbonyl (C=O) groups excluding carboxylic acids is 2. The van der Waals surface area contributed by atoms with Crippen LogP contribution in [-0.2, 0) is 38.1 Å². The number of nitrogens with zero attached hydrogens (tertiary/aromatic N) is 3. The van der Waals surface area contributed by atoms with Crippen LogP contribution in [0, 0.1) is 0 Å². The van der Waals surface area contributed by atoms with E-state index in [4.69, 9.17) is 25.8 Å². The van der Waals surface area contributed by atoms with E-state index >= 15 is 4.79 Å². The summed E-state index contributed by atoms with van der Waals surface area (Å²) in [6, 6.07) is 22.7. The zero-order chi connectivity index (χ0) is 33.7. The van der Waals surface area contributed by atoms with Crippen LogP contribution in [0.15, 0.2) is 89.8 Å². The lowest BCUT2D eigenvalue weighted by Gasteiger charge is -2.47. The van der Waals surface area contributed by atoms with E-state index < -0.39 is 27.5 Å². The largest absolute Gasteiger partial charge is 0.497 e. The van der Waals surface area contributed by atoms with Crippen molar-refractivity contribution < 1.29 is 32.2 Å². The molecule has 0 radical (unpaired) electrons. The summed E-state index contributed by atoms with van der Waals surface area (Å²) in [5.41, 5.74) is 0.752. The highest BCUT2D eigenvalue weighted by molar-refractivity contribution is 7.93. The molecule has 2 atom stereocenters. The first-order valence-corrected chi connectivity index (χ1v) is 16.6. The quantitative estimate of drug-likeness (QED) is 0.261. The lowest BCUT2D eigenvalue weighted by Crippen LogP contribution is -2.62. The van der Waals surface area contributed by atoms with Gasteiger partial charge in [-0.1, -0.05) is 54.1 Å². The van der Waals surface area contributed by atoms with Crippen molar-refractivity contribution in [1.82, 2.24) is 9.80 Å². The number of fused-ring (bicyclic) bond motifs is 2. The number of ether oxygens (including phenoxy) is 3. The highest BCUT2D eigenvalue weighted by Gasteiger charge is 2.63. The van der Waals surface area contributed by atoms with E-state index in [9.17, 15) is 13.2 Å². The number of likely N-dealkylation sites (N-methyl/N-ethyl adjacent to an activating group) is 1. The van der Waals surface area contributed by atoms with E-state index in [2.05, 4.69) is 0 Å². The van der Waals surface area contributed by atoms with Crippen molar-refractivity contribution in [2.45, 2.75) is 29.4 Å². The Kier molecular flexibility index (Phi) is 8.41. The number of carbonyl (C=O) groups is 2. The number of sulfonamides is 1. The Balaban J connectivity index is 1.70. The van der Waals surface area contributed by atoms with Crippen LogP contribution in [0.4, 0.5) is 5.69 Å². The molecule has 0 fully saturated rings. The number of anilines is 1. The van der Waals surface area contributed by atoms with Crippen LogP contribution in [0.3, 0.4) is 0 Å². The van der Waals surface area contributed by atoms with Gasteiger partial charge in [-0.25, -0.2) is 12.7 Å². The Bertz CT molecular complexity index is 2000. The summed E-state index contributed by atoms with van der Waals surface area (Å²) in [7, 11) is 2.96. The molecule has 0 N–H and O–H groups in total. The van der Waals surface area contributed by atoms with Gasteiger partial charge in [0, 0.05) is 42.9 Å². The minimum absolute atomic E-state index is 0.00461. The van der Waals surface area contributed by atoms with Gasteiger partial charge in [0.2, 0.25) is 5.91 Å². The second kappa shape index (κ2) is 12.2. The Labute approximate surface area is 279 Å². The standard InChI is InChI=1S/C35H34ClN3O7S/c1-37(2)33(40)29-18-22-10-6-7-11-23(22)21-38(29)35(26-12-8-9-13-30(26)45-4)27-19-24(36)14-16-28(27)39(34(35)41)47(42,43)32-17-15-25(44-3)20-31(32)46-5/h6-17,19-20,29H,18,21H2,1-5H3/t29-,35?/m0/s1. The molecule has 0 bridgehead atoms. The van der Waals surface area contributed by atoms with E-state index in [1.165, 1.54) is 56.6 Å². The topological polar surface area (TPSA) is 106 Å². The highest BCUT2D eigenvalue weighted by Crippen LogP contribution is 2.55. The lowest BCUT2D eigenvalue weighted by molar-refractivity contribution is -0.141. The minimum Gasteiger partial charge on any atom is -0.497 e. The molecule has 12 heteroatoms. The molecule has 0 spiro atoms. The first-order chi connectivity index (χ1) is 22.5. The molecule has 2 aliphatic heterocycles. The molecule has 0 aliphatic carbocycles. The maximum Gasteiger partial charge on any atom is 0.274 e. The van der Waals surface area contributed by atoms with Gasteiger partial charge in [0.1, 0.15) is 22.1 Å². The summed E-state index contributed by atoms with van der Waals surface area (Å²) in [5, 5.41) is 0.282. The van der Waals surface area contributed by atoms with E-state index in [-0.39, 0.29) is 40.2 Å². The molecule has 4 aromatic carbocycles. The number of para-hydroxylation sites is 1. The average molecular weight is 676 g/mol. The normalized spacial score (nSPS) is 19.1. The number of rotatable bonds is 8. The summed E-state index contributed by atoms with van der Waals surface area (Å²) in [4.78, 5) is 32.7. The number of hydrogen-bond acceptors (Lipinski definition) is 8. The highest BCUT2D eigenvalue weighted by atomic mass is 35.5. The first kappa shape index (κ1) is 32.4. The predicted molar refractivity (Wildman–Crippen MR) is 178 cm³/mol. The van der Waals surface area contributed by atoms with Crippen LogP contribution in [0.25, 0.3) is 0 Å². The zero-order valence-electron chi connectivity index (χ0n) is 26.6. The third-order valence-electron chi connectivity index (χ3n) is 8.85. The van der Waals surface area contributed by atoms with Gasteiger partial charge in [0.25, 0.3) is 15.9 Å². The number of methoxy groups -OCH3 is 3. The molecule has 4 aromatic rings. The molecular formula is C35H34ClN3O7S. The maximum atomic E-state index is 15.6. The lowest BCUT2D eigenvalue weighted by atomic mass is 9.77. The SMILES string of the molecule is COc1ccc(S(=O)(=O)N2C(=O)C(c3ccccc3OC)(N3Cc4ccccc4C[C@H]3C(=O)N(C)C)c3cc(Cl)ccc32)c(OC)c1. The van der Waals surface area contributed by atoms with Crippen LogP contribution in [0.2, 0.25) is 5.02 Å². The van der Waals surface area contributed by atoms with Crippen molar-refractivity contribution in [3.05, 3.63) is 112 Å². The van der Waals surface area contributed by atoms with Crippen molar-refractivity contribution in [3.63, 3.8) is 0 Å². The van der Waals surface area contributed by atoms with Crippen LogP contribution in [-0.4, -0.2) is 71.5 Å². The van der Waals surface area contributed by atoms with Gasteiger partial charge >= 0.3 is 0 Å². The summed E-state index contributed by atoms with van der Waals surface area (Å²) < 4.78 is 47.0. The second-order valence-corrected chi connectivity index (χ2v) is 13.7. The molecule has 1 unspecified atom stereocenters. The Morgan fingerprint density at radius 3 is 2.21 bits per heavy atom. The molecule has 244 valence electrons. The third-order valence-corrected chi connectivity index (χ3v) is 10.8. The van der Waals surface area contributed by atoms with Crippen molar-refractivity contribution in [1.29, 1.82) is 0 Å². The summed E-state index contributed by atoms with van der Waals surface area (Å²) in [5.74, 6) is -0.351. The molecule has 0 saturated carbocycles. The molecule has 0 aromatic heterocycles. The molecule has 2 aliphatic rings. The van der Waals surface area contributed by atoms with Crippen LogP contribution in [0.5, 0.6) is 17.2 Å². The molecule has 2 heterocycles. The zero-order valence-corrected chi connectivity index (χ0v) is 28.1. The van der Waals surface area contributed by atoms with Crippen LogP contribution < -0.4 is 18.5 Å². The van der Waals surface area contributed by atoms with E-state index in [0.717, 1.165) is 15.4 Å². The number of halogens is 1. The fourth-order valence-corrected chi connectivity index (χ4v) is 8.48. The van der Waals surface area contributed by atoms with Gasteiger partial charge in [-0.05, 0) is 53.9 Å². The summed E-state index contributed by atoms with van der Waals surface area (Å²) in [6.45, 7) is 0.149. The average Bonchev–Trinajstić information content (AvgIpc) is 3.34. The van der Waals surface area contributed by atoms with Gasteiger partial charge in [-0.3, -0.25) is 14.5 Å². The second-order valence-electron chi connectivity index (χ2n) is 11.5. The summed E-state index contributed by atoms with van der Waals surface area (Å²) in [6.07, 6.45) is 0.284. The molecular weight excluding hydrogens is 642 g/mol. The molecule has 47 heavy (non-hydrogen) atoms. The van der Waals surface area contributed by atoms with Gasteiger partial charge < -0.3 is 19.1 Å². The third kappa shape index (κ3) is 5.00. The van der Waals surface area contributed by atoms with Crippen molar-refractivity contribution in [2.24, 2.45) is 0 Å². The fourth-order valence-electron chi connectivity index (χ4n) is 6.70. The van der Waals surface area contributed by atoms with Crippen LogP contribution >= 0.6 is 11.6 Å². The smallest absolute Gasteiger partial charge is 0.274 e. The number of benzene rings is 4. The molecule has 6 rings (SSSR count). The monoisotopic (exact) mass is 675 g/mol. The molecule has 0 saturated heterocycles.